The molecule has 11 aromatic rings. The highest BCUT2D eigenvalue weighted by Gasteiger charge is 2.18. The molecule has 11 rings (SSSR count). The Kier molecular flexibility index (Phi) is 8.87. The maximum Gasteiger partial charge on any atom is 0.136 e. The van der Waals surface area contributed by atoms with E-state index in [9.17, 15) is 0 Å². The summed E-state index contributed by atoms with van der Waals surface area (Å²) in [5.41, 5.74) is 16.9. The van der Waals surface area contributed by atoms with E-state index in [4.69, 9.17) is 4.42 Å². The van der Waals surface area contributed by atoms with Crippen molar-refractivity contribution < 1.29 is 4.42 Å². The van der Waals surface area contributed by atoms with Gasteiger partial charge in [0.1, 0.15) is 11.2 Å². The van der Waals surface area contributed by atoms with E-state index in [1.54, 1.807) is 0 Å². The van der Waals surface area contributed by atoms with Crippen molar-refractivity contribution in [1.29, 1.82) is 0 Å². The lowest BCUT2D eigenvalue weighted by atomic mass is 9.91. The Hall–Kier alpha value is -7.94. The van der Waals surface area contributed by atoms with E-state index in [0.717, 1.165) is 61.3 Å². The lowest BCUT2D eigenvalue weighted by molar-refractivity contribution is 0.669. The van der Waals surface area contributed by atoms with Crippen LogP contribution in [0.25, 0.3) is 88.3 Å². The average molecular weight is 766 g/mol. The maximum absolute atomic E-state index is 6.55. The monoisotopic (exact) mass is 765 g/mol. The van der Waals surface area contributed by atoms with Crippen LogP contribution in [0.3, 0.4) is 0 Å². The molecule has 0 amide bonds. The highest BCUT2D eigenvalue weighted by molar-refractivity contribution is 6.22. The summed E-state index contributed by atoms with van der Waals surface area (Å²) in [7, 11) is 0. The number of hydrogen-bond acceptors (Lipinski definition) is 2. The zero-order valence-corrected chi connectivity index (χ0v) is 32.9. The number of furan rings is 1. The molecule has 2 heteroatoms. The SMILES string of the molecule is c1ccc(-c2ccc(-c3cc4oc5ccccc5c4c4cc(-c5ccc(N(c6ccc(-c7ccccc7)cc6)c6cccc(-c7ccccc7)c6)cc5)ccc34)cc2)cc1. The highest BCUT2D eigenvalue weighted by Crippen LogP contribution is 2.43. The van der Waals surface area contributed by atoms with Gasteiger partial charge in [-0.2, -0.15) is 0 Å². The lowest BCUT2D eigenvalue weighted by Gasteiger charge is -2.26. The lowest BCUT2D eigenvalue weighted by Crippen LogP contribution is -2.10. The van der Waals surface area contributed by atoms with Gasteiger partial charge in [-0.1, -0.05) is 182 Å². The molecule has 60 heavy (non-hydrogen) atoms. The van der Waals surface area contributed by atoms with Crippen molar-refractivity contribution in [2.75, 3.05) is 4.90 Å². The van der Waals surface area contributed by atoms with Crippen LogP contribution in [0.5, 0.6) is 0 Å². The first-order valence-electron chi connectivity index (χ1n) is 20.5. The Balaban J connectivity index is 1.01. The number of anilines is 3. The Morgan fingerprint density at radius 3 is 1.32 bits per heavy atom. The molecule has 0 fully saturated rings. The van der Waals surface area contributed by atoms with Crippen molar-refractivity contribution in [2.24, 2.45) is 0 Å². The number of fused-ring (bicyclic) bond motifs is 5. The summed E-state index contributed by atoms with van der Waals surface area (Å²) in [6.07, 6.45) is 0. The molecular formula is C58H39NO. The van der Waals surface area contributed by atoms with E-state index in [1.807, 2.05) is 6.07 Å². The van der Waals surface area contributed by atoms with Gasteiger partial charge < -0.3 is 9.32 Å². The Morgan fingerprint density at radius 1 is 0.250 bits per heavy atom. The molecule has 1 aromatic heterocycles. The standard InChI is InChI=1S/C58H39NO/c1-4-13-40(14-5-1)43-23-25-46(26-24-43)54-39-57-58(53-21-10-11-22-56(53)60-57)55-38-48(31-36-52(54)55)45-29-34-50(35-30-45)59(49-32-27-44(28-33-49)41-15-6-2-7-16-41)51-20-12-19-47(37-51)42-17-8-3-9-18-42/h1-39H. The van der Waals surface area contributed by atoms with Crippen molar-refractivity contribution in [3.63, 3.8) is 0 Å². The Morgan fingerprint density at radius 2 is 0.700 bits per heavy atom. The van der Waals surface area contributed by atoms with Gasteiger partial charge >= 0.3 is 0 Å². The van der Waals surface area contributed by atoms with Gasteiger partial charge in [0.2, 0.25) is 0 Å². The first-order chi connectivity index (χ1) is 29.7. The van der Waals surface area contributed by atoms with Crippen molar-refractivity contribution in [3.05, 3.63) is 237 Å². The smallest absolute Gasteiger partial charge is 0.136 e. The van der Waals surface area contributed by atoms with Crippen molar-refractivity contribution in [3.8, 4) is 55.6 Å². The van der Waals surface area contributed by atoms with Crippen molar-refractivity contribution >= 4 is 49.8 Å². The molecule has 0 N–H and O–H groups in total. The van der Waals surface area contributed by atoms with Gasteiger partial charge in [0, 0.05) is 27.8 Å². The molecule has 0 radical (unpaired) electrons. The van der Waals surface area contributed by atoms with Gasteiger partial charge in [-0.05, 0) is 121 Å². The predicted octanol–water partition coefficient (Wildman–Crippen LogP) is 16.5. The summed E-state index contributed by atoms with van der Waals surface area (Å²) in [6.45, 7) is 0. The third kappa shape index (κ3) is 6.51. The van der Waals surface area contributed by atoms with E-state index < -0.39 is 0 Å². The number of hydrogen-bond donors (Lipinski definition) is 0. The fraction of sp³-hybridized carbons (Fsp3) is 0. The Bertz CT molecular complexity index is 3260. The first kappa shape index (κ1) is 35.2. The molecule has 0 saturated heterocycles. The molecule has 0 aliphatic rings. The zero-order valence-electron chi connectivity index (χ0n) is 32.9. The van der Waals surface area contributed by atoms with Crippen LogP contribution in [0.4, 0.5) is 17.1 Å². The van der Waals surface area contributed by atoms with Crippen molar-refractivity contribution in [1.82, 2.24) is 0 Å². The number of rotatable bonds is 8. The average Bonchev–Trinajstić information content (AvgIpc) is 3.72. The second-order valence-electron chi connectivity index (χ2n) is 15.3. The first-order valence-corrected chi connectivity index (χ1v) is 20.5. The van der Waals surface area contributed by atoms with Gasteiger partial charge in [-0.15, -0.1) is 0 Å². The van der Waals surface area contributed by atoms with Crippen LogP contribution in [0.1, 0.15) is 0 Å². The molecule has 0 unspecified atom stereocenters. The zero-order chi connectivity index (χ0) is 39.8. The molecule has 0 aliphatic heterocycles. The van der Waals surface area contributed by atoms with Crippen LogP contribution in [-0.4, -0.2) is 0 Å². The third-order valence-electron chi connectivity index (χ3n) is 11.7. The Labute approximate surface area is 349 Å². The van der Waals surface area contributed by atoms with Crippen LogP contribution >= 0.6 is 0 Å². The van der Waals surface area contributed by atoms with Crippen LogP contribution in [0, 0.1) is 0 Å². The summed E-state index contributed by atoms with van der Waals surface area (Å²) in [5, 5.41) is 4.65. The largest absolute Gasteiger partial charge is 0.456 e. The fourth-order valence-corrected chi connectivity index (χ4v) is 8.67. The topological polar surface area (TPSA) is 16.4 Å². The minimum Gasteiger partial charge on any atom is -0.456 e. The van der Waals surface area contributed by atoms with Crippen LogP contribution in [-0.2, 0) is 0 Å². The normalized spacial score (nSPS) is 11.3. The maximum atomic E-state index is 6.55. The molecule has 2 nitrogen and oxygen atoms in total. The summed E-state index contributed by atoms with van der Waals surface area (Å²) in [5.74, 6) is 0. The summed E-state index contributed by atoms with van der Waals surface area (Å²) in [4.78, 5) is 2.35. The number of benzene rings is 10. The predicted molar refractivity (Wildman–Crippen MR) is 253 cm³/mol. The molecule has 0 saturated carbocycles. The van der Waals surface area contributed by atoms with Gasteiger partial charge in [-0.3, -0.25) is 0 Å². The minimum atomic E-state index is 0.894. The molecule has 0 spiro atoms. The molecule has 10 aromatic carbocycles. The quantitative estimate of drug-likeness (QED) is 0.153. The second kappa shape index (κ2) is 15.1. The van der Waals surface area contributed by atoms with Gasteiger partial charge in [-0.25, -0.2) is 0 Å². The summed E-state index contributed by atoms with van der Waals surface area (Å²) in [6, 6.07) is 84.8. The second-order valence-corrected chi connectivity index (χ2v) is 15.3. The molecular weight excluding hydrogens is 727 g/mol. The van der Waals surface area contributed by atoms with E-state index in [2.05, 4.69) is 235 Å². The summed E-state index contributed by atoms with van der Waals surface area (Å²) >= 11 is 0. The van der Waals surface area contributed by atoms with Crippen LogP contribution in [0.15, 0.2) is 241 Å². The van der Waals surface area contributed by atoms with E-state index >= 15 is 0 Å². The molecule has 0 aliphatic carbocycles. The molecule has 0 atom stereocenters. The van der Waals surface area contributed by atoms with Crippen LogP contribution < -0.4 is 4.90 Å². The van der Waals surface area contributed by atoms with Crippen LogP contribution in [0.2, 0.25) is 0 Å². The van der Waals surface area contributed by atoms with E-state index in [1.165, 1.54) is 44.2 Å². The van der Waals surface area contributed by atoms with Gasteiger partial charge in [0.15, 0.2) is 0 Å². The van der Waals surface area contributed by atoms with Crippen molar-refractivity contribution in [2.45, 2.75) is 0 Å². The third-order valence-corrected chi connectivity index (χ3v) is 11.7. The highest BCUT2D eigenvalue weighted by atomic mass is 16.3. The molecule has 0 bridgehead atoms. The molecule has 1 heterocycles. The molecule has 282 valence electrons. The van der Waals surface area contributed by atoms with E-state index in [-0.39, 0.29) is 0 Å². The fourth-order valence-electron chi connectivity index (χ4n) is 8.67. The number of para-hydroxylation sites is 1. The van der Waals surface area contributed by atoms with E-state index in [0.29, 0.717) is 0 Å². The minimum absolute atomic E-state index is 0.894. The van der Waals surface area contributed by atoms with Gasteiger partial charge in [0.25, 0.3) is 0 Å². The summed E-state index contributed by atoms with van der Waals surface area (Å²) < 4.78 is 6.55. The van der Waals surface area contributed by atoms with Gasteiger partial charge in [0.05, 0.1) is 0 Å². The number of nitrogens with zero attached hydrogens (tertiary/aromatic N) is 1.